The molecule has 4 aliphatic carbocycles. The van der Waals surface area contributed by atoms with Crippen molar-refractivity contribution in [3.8, 4) is 0 Å². The van der Waals surface area contributed by atoms with Crippen LogP contribution >= 0.6 is 22.9 Å². The average Bonchev–Trinajstić information content (AvgIpc) is 3.41. The fraction of sp³-hybridized carbons (Fsp3) is 0.517. The van der Waals surface area contributed by atoms with Crippen molar-refractivity contribution in [3.63, 3.8) is 0 Å². The molecule has 10 nitrogen and oxygen atoms in total. The Labute approximate surface area is 247 Å². The van der Waals surface area contributed by atoms with Crippen LogP contribution in [-0.2, 0) is 4.74 Å². The van der Waals surface area contributed by atoms with Crippen molar-refractivity contribution in [1.29, 1.82) is 0 Å². The van der Waals surface area contributed by atoms with Gasteiger partial charge in [-0.05, 0) is 68.4 Å². The zero-order valence-electron chi connectivity index (χ0n) is 22.9. The van der Waals surface area contributed by atoms with Crippen molar-refractivity contribution in [2.24, 2.45) is 17.8 Å². The molecule has 5 aliphatic rings. The molecule has 2 atom stereocenters. The van der Waals surface area contributed by atoms with Crippen molar-refractivity contribution < 1.29 is 14.6 Å². The summed E-state index contributed by atoms with van der Waals surface area (Å²) in [5.74, 6) is 3.22. The summed E-state index contributed by atoms with van der Waals surface area (Å²) in [5.41, 5.74) is 0.997. The summed E-state index contributed by atoms with van der Waals surface area (Å²) in [6, 6.07) is 7.68. The Balaban J connectivity index is 1.11. The van der Waals surface area contributed by atoms with Crippen LogP contribution < -0.4 is 20.9 Å². The maximum atomic E-state index is 13.0. The third-order valence-corrected chi connectivity index (χ3v) is 10.2. The van der Waals surface area contributed by atoms with Gasteiger partial charge in [0.05, 0.1) is 35.7 Å². The average molecular weight is 596 g/mol. The van der Waals surface area contributed by atoms with E-state index in [9.17, 15) is 9.90 Å². The number of anilines is 5. The van der Waals surface area contributed by atoms with Crippen molar-refractivity contribution >= 4 is 57.2 Å². The van der Waals surface area contributed by atoms with Crippen molar-refractivity contribution in [2.45, 2.75) is 50.7 Å². The first-order chi connectivity index (χ1) is 19.8. The molecular formula is C29H34ClN7O3S. The van der Waals surface area contributed by atoms with E-state index in [4.69, 9.17) is 26.3 Å². The van der Waals surface area contributed by atoms with E-state index in [2.05, 4.69) is 25.8 Å². The maximum Gasteiger partial charge on any atom is 0.267 e. The molecule has 0 spiro atoms. The number of ether oxygens (including phenoxy) is 1. The van der Waals surface area contributed by atoms with Crippen LogP contribution in [0.5, 0.6) is 0 Å². The van der Waals surface area contributed by atoms with Crippen LogP contribution in [0.3, 0.4) is 0 Å². The lowest BCUT2D eigenvalue weighted by Gasteiger charge is -2.58. The number of hydrogen-bond donors (Lipinski definition) is 4. The fourth-order valence-corrected chi connectivity index (χ4v) is 8.38. The number of nitrogens with one attached hydrogen (secondary N) is 3. The zero-order valence-corrected chi connectivity index (χ0v) is 24.5. The Bertz CT molecular complexity index is 1430. The molecule has 2 aromatic heterocycles. The van der Waals surface area contributed by atoms with Crippen molar-refractivity contribution in [1.82, 2.24) is 15.0 Å². The predicted molar refractivity (Wildman–Crippen MR) is 161 cm³/mol. The minimum Gasteiger partial charge on any atom is -0.390 e. The molecule has 2 unspecified atom stereocenters. The first-order valence-corrected chi connectivity index (χ1v) is 15.5. The number of para-hydroxylation sites is 1. The molecule has 4 N–H and O–H groups in total. The van der Waals surface area contributed by atoms with Gasteiger partial charge in [0, 0.05) is 25.2 Å². The molecule has 8 rings (SSSR count). The third-order valence-electron chi connectivity index (χ3n) is 9.01. The lowest BCUT2D eigenvalue weighted by atomic mass is 9.52. The van der Waals surface area contributed by atoms with Gasteiger partial charge < -0.3 is 30.7 Å². The minimum atomic E-state index is -0.489. The highest BCUT2D eigenvalue weighted by Gasteiger charge is 2.54. The number of amides is 1. The quantitative estimate of drug-likeness (QED) is 0.296. The highest BCUT2D eigenvalue weighted by molar-refractivity contribution is 7.17. The van der Waals surface area contributed by atoms with Crippen LogP contribution in [-0.4, -0.2) is 63.9 Å². The van der Waals surface area contributed by atoms with Gasteiger partial charge in [0.2, 0.25) is 5.95 Å². The molecule has 1 amide bonds. The van der Waals surface area contributed by atoms with E-state index >= 15 is 0 Å². The normalized spacial score (nSPS) is 28.5. The van der Waals surface area contributed by atoms with Gasteiger partial charge in [0.1, 0.15) is 16.5 Å². The summed E-state index contributed by atoms with van der Waals surface area (Å²) in [7, 11) is 0. The number of aryl methyl sites for hydroxylation is 1. The van der Waals surface area contributed by atoms with E-state index in [-0.39, 0.29) is 11.9 Å². The monoisotopic (exact) mass is 595 g/mol. The molecule has 1 aromatic carbocycles. The summed E-state index contributed by atoms with van der Waals surface area (Å²) < 4.78 is 5.56. The van der Waals surface area contributed by atoms with E-state index < -0.39 is 5.60 Å². The van der Waals surface area contributed by atoms with E-state index in [1.807, 2.05) is 25.1 Å². The highest BCUT2D eigenvalue weighted by atomic mass is 35.5. The summed E-state index contributed by atoms with van der Waals surface area (Å²) in [6.45, 7) is 4.71. The van der Waals surface area contributed by atoms with E-state index in [0.717, 1.165) is 56.6 Å². The van der Waals surface area contributed by atoms with Crippen molar-refractivity contribution in [3.05, 3.63) is 45.9 Å². The van der Waals surface area contributed by atoms with E-state index in [1.165, 1.54) is 11.3 Å². The number of thiazole rings is 1. The second-order valence-electron chi connectivity index (χ2n) is 11.9. The summed E-state index contributed by atoms with van der Waals surface area (Å²) in [5, 5.41) is 22.0. The van der Waals surface area contributed by atoms with Crippen LogP contribution in [0.15, 0.2) is 30.5 Å². The van der Waals surface area contributed by atoms with Crippen LogP contribution in [0.25, 0.3) is 0 Å². The molecule has 216 valence electrons. The zero-order chi connectivity index (χ0) is 28.1. The van der Waals surface area contributed by atoms with Gasteiger partial charge in [0.15, 0.2) is 5.13 Å². The van der Waals surface area contributed by atoms with Gasteiger partial charge in [-0.3, -0.25) is 4.79 Å². The largest absolute Gasteiger partial charge is 0.390 e. The lowest BCUT2D eigenvalue weighted by Crippen LogP contribution is -2.59. The van der Waals surface area contributed by atoms with Gasteiger partial charge in [-0.25, -0.2) is 4.98 Å². The first kappa shape index (κ1) is 26.9. The molecule has 1 aliphatic heterocycles. The van der Waals surface area contributed by atoms with Crippen LogP contribution in [0.4, 0.5) is 28.4 Å². The van der Waals surface area contributed by atoms with Crippen molar-refractivity contribution in [2.75, 3.05) is 47.2 Å². The Kier molecular flexibility index (Phi) is 7.01. The SMILES string of the molecule is Cc1cccc(Cl)c1NC(=O)c1cnc(Nc2cc(N3CCOCC3)nc(NC3C4CC5CC3CC(O)(C5)C4)n2)s1. The smallest absolute Gasteiger partial charge is 0.267 e. The number of nitrogens with zero attached hydrogens (tertiary/aromatic N) is 4. The number of carbonyl (C=O) groups excluding carboxylic acids is 1. The van der Waals surface area contributed by atoms with Gasteiger partial charge >= 0.3 is 0 Å². The second kappa shape index (κ2) is 10.7. The number of rotatable bonds is 7. The molecule has 3 heterocycles. The number of benzene rings is 1. The van der Waals surface area contributed by atoms with Crippen LogP contribution in [0.1, 0.15) is 47.3 Å². The summed E-state index contributed by atoms with van der Waals surface area (Å²) in [6.07, 6.45) is 6.52. The number of aromatic nitrogens is 3. The van der Waals surface area contributed by atoms with E-state index in [0.29, 0.717) is 63.5 Å². The minimum absolute atomic E-state index is 0.253. The third kappa shape index (κ3) is 5.48. The maximum absolute atomic E-state index is 13.0. The molecule has 1 saturated heterocycles. The second-order valence-corrected chi connectivity index (χ2v) is 13.4. The number of carbonyl (C=O) groups is 1. The lowest BCUT2D eigenvalue weighted by molar-refractivity contribution is -0.129. The van der Waals surface area contributed by atoms with Crippen LogP contribution in [0.2, 0.25) is 5.02 Å². The number of halogens is 1. The molecule has 12 heteroatoms. The van der Waals surface area contributed by atoms with Gasteiger partial charge in [0.25, 0.3) is 5.91 Å². The van der Waals surface area contributed by atoms with Gasteiger partial charge in [-0.2, -0.15) is 9.97 Å². The van der Waals surface area contributed by atoms with Crippen LogP contribution in [0, 0.1) is 24.7 Å². The summed E-state index contributed by atoms with van der Waals surface area (Å²) in [4.78, 5) is 29.8. The fourth-order valence-electron chi connectivity index (χ4n) is 7.40. The molecule has 0 radical (unpaired) electrons. The molecule has 4 saturated carbocycles. The first-order valence-electron chi connectivity index (χ1n) is 14.3. The number of aliphatic hydroxyl groups is 1. The topological polar surface area (TPSA) is 125 Å². The standard InChI is InChI=1S/C29H34ClN7O3S/c1-16-3-2-4-20(30)24(16)35-26(38)21-15-31-28(41-21)33-22-11-23(37-5-7-40-8-6-37)34-27(32-22)36-25-18-9-17-10-19(25)14-29(39,12-17)13-18/h2-4,11,15,17-19,25,39H,5-10,12-14H2,1H3,(H,35,38)(H2,31,32,33,34,36). The number of hydrogen-bond acceptors (Lipinski definition) is 10. The highest BCUT2D eigenvalue weighted by Crippen LogP contribution is 2.56. The van der Waals surface area contributed by atoms with Gasteiger partial charge in [-0.15, -0.1) is 0 Å². The Hall–Kier alpha value is -2.99. The van der Waals surface area contributed by atoms with Gasteiger partial charge in [-0.1, -0.05) is 35.1 Å². The summed E-state index contributed by atoms with van der Waals surface area (Å²) >= 11 is 7.55. The predicted octanol–water partition coefficient (Wildman–Crippen LogP) is 5.08. The Morgan fingerprint density at radius 2 is 1.95 bits per heavy atom. The Morgan fingerprint density at radius 3 is 2.68 bits per heavy atom. The molecular weight excluding hydrogens is 562 g/mol. The molecule has 4 bridgehead atoms. The Morgan fingerprint density at radius 1 is 1.17 bits per heavy atom. The number of morpholine rings is 1. The molecule has 5 fully saturated rings. The molecule has 41 heavy (non-hydrogen) atoms. The molecule has 3 aromatic rings. The van der Waals surface area contributed by atoms with E-state index in [1.54, 1.807) is 12.3 Å².